The number of fused-ring (bicyclic) bond motifs is 1. The third kappa shape index (κ3) is 4.48. The number of carboxylic acids is 1. The van der Waals surface area contributed by atoms with Gasteiger partial charge in [0.25, 0.3) is 5.91 Å². The summed E-state index contributed by atoms with van der Waals surface area (Å²) in [6, 6.07) is 4.79. The van der Waals surface area contributed by atoms with E-state index in [4.69, 9.17) is 0 Å². The van der Waals surface area contributed by atoms with E-state index >= 15 is 0 Å². The Morgan fingerprint density at radius 1 is 1.06 bits per heavy atom. The van der Waals surface area contributed by atoms with Gasteiger partial charge in [-0.1, -0.05) is 30.7 Å². The number of imide groups is 1. The molecule has 2 aliphatic heterocycles. The van der Waals surface area contributed by atoms with E-state index in [9.17, 15) is 24.3 Å². The topological polar surface area (TPSA) is 104 Å². The standard InChI is InChI=1S/C24H26N2O5/c27-21-13-12-20(22(28)25-21)26-14-19-16(6-3-7-18(19)23(26)29)10-8-15-4-1-2-5-17(11-9-15)24(30)31/h3,6-7,15,17,20H,1-2,4-5,9,11-14H2,(H,30,31)(H,25,27,28). The van der Waals surface area contributed by atoms with Gasteiger partial charge in [0.05, 0.1) is 5.92 Å². The lowest BCUT2D eigenvalue weighted by Gasteiger charge is -2.29. The van der Waals surface area contributed by atoms with Crippen LogP contribution in [0.4, 0.5) is 0 Å². The minimum absolute atomic E-state index is 0.140. The smallest absolute Gasteiger partial charge is 0.306 e. The van der Waals surface area contributed by atoms with Crippen molar-refractivity contribution in [1.82, 2.24) is 10.2 Å². The predicted molar refractivity (Wildman–Crippen MR) is 112 cm³/mol. The Bertz CT molecular complexity index is 989. The molecule has 7 nitrogen and oxygen atoms in total. The van der Waals surface area contributed by atoms with Crippen molar-refractivity contribution < 1.29 is 24.3 Å². The van der Waals surface area contributed by atoms with Crippen molar-refractivity contribution >= 4 is 23.7 Å². The Morgan fingerprint density at radius 3 is 2.65 bits per heavy atom. The predicted octanol–water partition coefficient (Wildman–Crippen LogP) is 2.47. The van der Waals surface area contributed by atoms with E-state index in [2.05, 4.69) is 17.2 Å². The van der Waals surface area contributed by atoms with E-state index in [0.717, 1.165) is 43.2 Å². The Hall–Kier alpha value is -3.14. The number of carbonyl (C=O) groups excluding carboxylic acids is 3. The summed E-state index contributed by atoms with van der Waals surface area (Å²) in [6.45, 7) is 0.303. The molecule has 1 aromatic rings. The molecule has 0 radical (unpaired) electrons. The van der Waals surface area contributed by atoms with Crippen LogP contribution in [0.3, 0.4) is 0 Å². The molecule has 3 amide bonds. The molecular formula is C24H26N2O5. The summed E-state index contributed by atoms with van der Waals surface area (Å²) in [5, 5.41) is 11.6. The minimum atomic E-state index is -0.721. The van der Waals surface area contributed by atoms with Gasteiger partial charge in [0.1, 0.15) is 6.04 Å². The van der Waals surface area contributed by atoms with Gasteiger partial charge in [-0.05, 0) is 49.8 Å². The van der Waals surface area contributed by atoms with Crippen molar-refractivity contribution in [2.24, 2.45) is 11.8 Å². The van der Waals surface area contributed by atoms with Crippen LogP contribution in [0.25, 0.3) is 0 Å². The van der Waals surface area contributed by atoms with Crippen LogP contribution in [-0.4, -0.2) is 39.7 Å². The lowest BCUT2D eigenvalue weighted by Crippen LogP contribution is -2.52. The maximum absolute atomic E-state index is 12.9. The lowest BCUT2D eigenvalue weighted by atomic mass is 9.85. The van der Waals surface area contributed by atoms with Crippen LogP contribution in [0.1, 0.15) is 72.9 Å². The maximum atomic E-state index is 12.9. The second-order valence-corrected chi connectivity index (χ2v) is 8.59. The average molecular weight is 422 g/mol. The number of benzene rings is 1. The van der Waals surface area contributed by atoms with Crippen LogP contribution >= 0.6 is 0 Å². The molecule has 4 rings (SSSR count). The molecule has 0 bridgehead atoms. The zero-order chi connectivity index (χ0) is 22.0. The van der Waals surface area contributed by atoms with Crippen molar-refractivity contribution in [3.05, 3.63) is 34.9 Å². The molecule has 1 saturated carbocycles. The molecule has 0 spiro atoms. The van der Waals surface area contributed by atoms with Crippen molar-refractivity contribution in [1.29, 1.82) is 0 Å². The molecule has 1 saturated heterocycles. The molecule has 1 aromatic carbocycles. The van der Waals surface area contributed by atoms with Gasteiger partial charge in [-0.3, -0.25) is 24.5 Å². The second kappa shape index (κ2) is 8.93. The largest absolute Gasteiger partial charge is 0.481 e. The Balaban J connectivity index is 1.51. The fraction of sp³-hybridized carbons (Fsp3) is 0.500. The van der Waals surface area contributed by atoms with E-state index in [1.807, 2.05) is 6.07 Å². The van der Waals surface area contributed by atoms with Gasteiger partial charge in [-0.25, -0.2) is 0 Å². The number of hydrogen-bond donors (Lipinski definition) is 2. The van der Waals surface area contributed by atoms with Crippen LogP contribution in [-0.2, 0) is 20.9 Å². The van der Waals surface area contributed by atoms with Crippen LogP contribution in [0, 0.1) is 23.7 Å². The number of hydrogen-bond acceptors (Lipinski definition) is 4. The van der Waals surface area contributed by atoms with Crippen molar-refractivity contribution in [2.45, 2.75) is 64.0 Å². The number of carboxylic acid groups (broad SMARTS) is 1. The molecule has 3 unspecified atom stereocenters. The SMILES string of the molecule is O=C1CCC(N2Cc3c(C#CC4CCCCC(C(=O)O)CC4)cccc3C2=O)C(=O)N1. The highest BCUT2D eigenvalue weighted by Gasteiger charge is 2.39. The lowest BCUT2D eigenvalue weighted by molar-refractivity contribution is -0.142. The van der Waals surface area contributed by atoms with Crippen LogP contribution in [0.15, 0.2) is 18.2 Å². The number of piperidine rings is 1. The number of nitrogens with zero attached hydrogens (tertiary/aromatic N) is 1. The quantitative estimate of drug-likeness (QED) is 0.563. The van der Waals surface area contributed by atoms with E-state index in [1.165, 1.54) is 4.90 Å². The number of nitrogens with one attached hydrogen (secondary N) is 1. The molecule has 0 aromatic heterocycles. The van der Waals surface area contributed by atoms with Gasteiger partial charge in [-0.15, -0.1) is 0 Å². The Labute approximate surface area is 181 Å². The fourth-order valence-corrected chi connectivity index (χ4v) is 4.75. The summed E-state index contributed by atoms with van der Waals surface area (Å²) in [5.74, 6) is 4.76. The van der Waals surface area contributed by atoms with Crippen LogP contribution < -0.4 is 5.32 Å². The van der Waals surface area contributed by atoms with Gasteiger partial charge in [0.2, 0.25) is 11.8 Å². The highest BCUT2D eigenvalue weighted by molar-refractivity contribution is 6.05. The van der Waals surface area contributed by atoms with Crippen molar-refractivity contribution in [2.75, 3.05) is 0 Å². The van der Waals surface area contributed by atoms with E-state index in [1.54, 1.807) is 12.1 Å². The first-order valence-electron chi connectivity index (χ1n) is 10.9. The van der Waals surface area contributed by atoms with Gasteiger partial charge in [0, 0.05) is 30.0 Å². The Morgan fingerprint density at radius 2 is 1.87 bits per heavy atom. The van der Waals surface area contributed by atoms with Gasteiger partial charge < -0.3 is 10.0 Å². The summed E-state index contributed by atoms with van der Waals surface area (Å²) < 4.78 is 0. The first kappa shape index (κ1) is 21.1. The normalized spacial score (nSPS) is 26.3. The molecule has 3 atom stereocenters. The van der Waals surface area contributed by atoms with E-state index in [-0.39, 0.29) is 30.1 Å². The van der Waals surface area contributed by atoms with Crippen molar-refractivity contribution in [3.63, 3.8) is 0 Å². The van der Waals surface area contributed by atoms with E-state index < -0.39 is 17.9 Å². The summed E-state index contributed by atoms with van der Waals surface area (Å²) in [5.41, 5.74) is 2.15. The molecular weight excluding hydrogens is 396 g/mol. The number of amides is 3. The molecule has 162 valence electrons. The molecule has 2 heterocycles. The zero-order valence-corrected chi connectivity index (χ0v) is 17.4. The number of rotatable bonds is 2. The highest BCUT2D eigenvalue weighted by atomic mass is 16.4. The van der Waals surface area contributed by atoms with Gasteiger partial charge in [-0.2, -0.15) is 0 Å². The van der Waals surface area contributed by atoms with Gasteiger partial charge in [0.15, 0.2) is 0 Å². The Kier molecular flexibility index (Phi) is 6.08. The summed E-state index contributed by atoms with van der Waals surface area (Å²) in [6.07, 6.45) is 5.53. The molecule has 3 aliphatic rings. The fourth-order valence-electron chi connectivity index (χ4n) is 4.75. The third-order valence-corrected chi connectivity index (χ3v) is 6.56. The average Bonchev–Trinajstić information content (AvgIpc) is 3.04. The minimum Gasteiger partial charge on any atom is -0.481 e. The zero-order valence-electron chi connectivity index (χ0n) is 17.4. The molecule has 1 aliphatic carbocycles. The van der Waals surface area contributed by atoms with Crippen molar-refractivity contribution in [3.8, 4) is 11.8 Å². The molecule has 7 heteroatoms. The number of aliphatic carboxylic acids is 1. The summed E-state index contributed by atoms with van der Waals surface area (Å²) >= 11 is 0. The highest BCUT2D eigenvalue weighted by Crippen LogP contribution is 2.30. The van der Waals surface area contributed by atoms with Gasteiger partial charge >= 0.3 is 5.97 Å². The third-order valence-electron chi connectivity index (χ3n) is 6.56. The molecule has 2 fully saturated rings. The summed E-state index contributed by atoms with van der Waals surface area (Å²) in [4.78, 5) is 49.5. The first-order valence-corrected chi connectivity index (χ1v) is 10.9. The second-order valence-electron chi connectivity index (χ2n) is 8.59. The maximum Gasteiger partial charge on any atom is 0.306 e. The monoisotopic (exact) mass is 422 g/mol. The number of carbonyl (C=O) groups is 4. The molecule has 31 heavy (non-hydrogen) atoms. The molecule has 2 N–H and O–H groups in total. The van der Waals surface area contributed by atoms with Crippen LogP contribution in [0.2, 0.25) is 0 Å². The van der Waals surface area contributed by atoms with E-state index in [0.29, 0.717) is 24.9 Å². The summed E-state index contributed by atoms with van der Waals surface area (Å²) in [7, 11) is 0. The van der Waals surface area contributed by atoms with Crippen LogP contribution in [0.5, 0.6) is 0 Å². The first-order chi connectivity index (χ1) is 14.9.